The van der Waals surface area contributed by atoms with E-state index in [1.54, 1.807) is 0 Å². The minimum absolute atomic E-state index is 0.167. The Balaban J connectivity index is 2.24. The molecule has 0 aliphatic heterocycles. The van der Waals surface area contributed by atoms with E-state index in [0.717, 1.165) is 30.5 Å². The van der Waals surface area contributed by atoms with Crippen LogP contribution in [0, 0.1) is 20.2 Å². The number of thiazole rings is 1. The average molecular weight is 330 g/mol. The van der Waals surface area contributed by atoms with E-state index in [9.17, 15) is 28.6 Å². The van der Waals surface area contributed by atoms with Gasteiger partial charge in [-0.05, 0) is 23.5 Å². The highest BCUT2D eigenvalue weighted by atomic mass is 32.2. The molecule has 0 fully saturated rings. The van der Waals surface area contributed by atoms with Gasteiger partial charge in [-0.3, -0.25) is 25.0 Å². The number of nitrogens with one attached hydrogen (secondary N) is 1. The largest absolute Gasteiger partial charge is 0.345 e. The van der Waals surface area contributed by atoms with Gasteiger partial charge in [0.15, 0.2) is 0 Å². The molecule has 110 valence electrons. The van der Waals surface area contributed by atoms with E-state index in [0.29, 0.717) is 11.3 Å². The second-order valence-electron chi connectivity index (χ2n) is 3.62. The Kier molecular flexibility index (Phi) is 3.82. The van der Waals surface area contributed by atoms with Gasteiger partial charge in [0.2, 0.25) is 5.13 Å². The van der Waals surface area contributed by atoms with Crippen LogP contribution >= 0.6 is 11.3 Å². The molecule has 2 rings (SSSR count). The van der Waals surface area contributed by atoms with Gasteiger partial charge in [-0.15, -0.1) is 0 Å². The third-order valence-electron chi connectivity index (χ3n) is 2.25. The molecule has 0 bridgehead atoms. The number of nitro groups is 2. The van der Waals surface area contributed by atoms with Crippen molar-refractivity contribution >= 4 is 37.2 Å². The fourth-order valence-corrected chi connectivity index (χ4v) is 3.19. The first kappa shape index (κ1) is 14.8. The highest BCUT2D eigenvalue weighted by Gasteiger charge is 2.19. The van der Waals surface area contributed by atoms with Crippen LogP contribution in [0.1, 0.15) is 0 Å². The minimum Gasteiger partial charge on any atom is -0.258 e. The first-order valence-corrected chi connectivity index (χ1v) is 7.47. The fourth-order valence-electron chi connectivity index (χ4n) is 1.32. The van der Waals surface area contributed by atoms with Crippen LogP contribution in [0.25, 0.3) is 0 Å². The van der Waals surface area contributed by atoms with Crippen molar-refractivity contribution in [1.29, 1.82) is 0 Å². The summed E-state index contributed by atoms with van der Waals surface area (Å²) in [5, 5.41) is 20.5. The summed E-state index contributed by atoms with van der Waals surface area (Å²) in [7, 11) is -4.02. The predicted octanol–water partition coefficient (Wildman–Crippen LogP) is 1.76. The number of aromatic nitrogens is 1. The molecule has 0 atom stereocenters. The monoisotopic (exact) mass is 330 g/mol. The lowest BCUT2D eigenvalue weighted by Crippen LogP contribution is -2.12. The van der Waals surface area contributed by atoms with Crippen molar-refractivity contribution < 1.29 is 18.3 Å². The lowest BCUT2D eigenvalue weighted by molar-refractivity contribution is -0.384. The summed E-state index contributed by atoms with van der Waals surface area (Å²) in [6.07, 6.45) is 0.929. The van der Waals surface area contributed by atoms with E-state index < -0.39 is 19.9 Å². The second-order valence-corrected chi connectivity index (χ2v) is 6.31. The van der Waals surface area contributed by atoms with Gasteiger partial charge in [0.1, 0.15) is 6.20 Å². The van der Waals surface area contributed by atoms with Gasteiger partial charge < -0.3 is 0 Å². The molecule has 1 heterocycles. The van der Waals surface area contributed by atoms with E-state index in [2.05, 4.69) is 9.71 Å². The zero-order valence-electron chi connectivity index (χ0n) is 9.99. The van der Waals surface area contributed by atoms with Crippen LogP contribution in [-0.2, 0) is 10.0 Å². The molecule has 12 heteroatoms. The molecule has 0 aliphatic rings. The zero-order valence-corrected chi connectivity index (χ0v) is 11.6. The molecule has 1 N–H and O–H groups in total. The Morgan fingerprint density at radius 2 is 1.71 bits per heavy atom. The number of sulfonamides is 1. The van der Waals surface area contributed by atoms with Crippen molar-refractivity contribution in [1.82, 2.24) is 4.98 Å². The maximum Gasteiger partial charge on any atom is 0.345 e. The maximum atomic E-state index is 12.0. The van der Waals surface area contributed by atoms with Crippen LogP contribution in [-0.4, -0.2) is 23.2 Å². The first-order valence-electron chi connectivity index (χ1n) is 5.17. The summed E-state index contributed by atoms with van der Waals surface area (Å²) in [4.78, 5) is 23.0. The van der Waals surface area contributed by atoms with Crippen LogP contribution in [0.3, 0.4) is 0 Å². The molecule has 0 spiro atoms. The molecular weight excluding hydrogens is 324 g/mol. The van der Waals surface area contributed by atoms with E-state index in [1.165, 1.54) is 0 Å². The number of hydrogen-bond acceptors (Lipinski definition) is 8. The van der Waals surface area contributed by atoms with Crippen LogP contribution in [0.15, 0.2) is 35.4 Å². The standard InChI is InChI=1S/C9H6N4O6S2/c14-12(15)6-1-3-7(4-2-6)21(18,19)11-9-10-5-8(20-9)13(16)17/h1-5H,(H,10,11). The molecule has 0 saturated carbocycles. The predicted molar refractivity (Wildman–Crippen MR) is 72.7 cm³/mol. The quantitative estimate of drug-likeness (QED) is 0.649. The van der Waals surface area contributed by atoms with Gasteiger partial charge in [0, 0.05) is 12.1 Å². The summed E-state index contributed by atoms with van der Waals surface area (Å²) < 4.78 is 26.0. The number of benzene rings is 1. The minimum atomic E-state index is -4.02. The molecule has 0 saturated heterocycles. The molecule has 1 aromatic heterocycles. The van der Waals surface area contributed by atoms with Crippen molar-refractivity contribution in [2.45, 2.75) is 4.90 Å². The first-order chi connectivity index (χ1) is 9.79. The van der Waals surface area contributed by atoms with Gasteiger partial charge in [-0.1, -0.05) is 0 Å². The molecule has 21 heavy (non-hydrogen) atoms. The number of nitro benzene ring substituents is 1. The normalized spacial score (nSPS) is 11.0. The summed E-state index contributed by atoms with van der Waals surface area (Å²) in [5.74, 6) is 0. The Morgan fingerprint density at radius 1 is 1.10 bits per heavy atom. The van der Waals surface area contributed by atoms with Crippen LogP contribution < -0.4 is 4.72 Å². The van der Waals surface area contributed by atoms with Gasteiger partial charge in [0.25, 0.3) is 15.7 Å². The number of rotatable bonds is 5. The lowest BCUT2D eigenvalue weighted by Gasteiger charge is -2.04. The molecule has 0 amide bonds. The second kappa shape index (κ2) is 5.41. The average Bonchev–Trinajstić information content (AvgIpc) is 2.87. The topological polar surface area (TPSA) is 145 Å². The highest BCUT2D eigenvalue weighted by Crippen LogP contribution is 2.27. The van der Waals surface area contributed by atoms with Crippen molar-refractivity contribution in [2.75, 3.05) is 4.72 Å². The third kappa shape index (κ3) is 3.29. The van der Waals surface area contributed by atoms with E-state index in [-0.39, 0.29) is 20.7 Å². The molecule has 0 aliphatic carbocycles. The van der Waals surface area contributed by atoms with Crippen LogP contribution in [0.4, 0.5) is 15.8 Å². The Hall–Kier alpha value is -2.60. The van der Waals surface area contributed by atoms with Gasteiger partial charge >= 0.3 is 5.00 Å². The summed E-state index contributed by atoms with van der Waals surface area (Å²) in [5.41, 5.74) is -0.251. The van der Waals surface area contributed by atoms with Crippen LogP contribution in [0.2, 0.25) is 0 Å². The fraction of sp³-hybridized carbons (Fsp3) is 0. The van der Waals surface area contributed by atoms with Crippen molar-refractivity contribution in [3.8, 4) is 0 Å². The molecule has 10 nitrogen and oxygen atoms in total. The van der Waals surface area contributed by atoms with Crippen molar-refractivity contribution in [2.24, 2.45) is 0 Å². The molecule has 2 aromatic rings. The third-order valence-corrected chi connectivity index (χ3v) is 4.60. The maximum absolute atomic E-state index is 12.0. The molecular formula is C9H6N4O6S2. The molecule has 0 unspecified atom stereocenters. The lowest BCUT2D eigenvalue weighted by atomic mass is 10.3. The van der Waals surface area contributed by atoms with E-state index >= 15 is 0 Å². The number of non-ortho nitro benzene ring substituents is 1. The van der Waals surface area contributed by atoms with Gasteiger partial charge in [-0.25, -0.2) is 13.4 Å². The SMILES string of the molecule is O=[N+]([O-])c1ccc(S(=O)(=O)Nc2ncc([N+](=O)[O-])s2)cc1. The van der Waals surface area contributed by atoms with E-state index in [1.807, 2.05) is 0 Å². The number of nitrogens with zero attached hydrogens (tertiary/aromatic N) is 3. The van der Waals surface area contributed by atoms with E-state index in [4.69, 9.17) is 0 Å². The zero-order chi connectivity index (χ0) is 15.6. The Morgan fingerprint density at radius 3 is 2.19 bits per heavy atom. The number of anilines is 1. The highest BCUT2D eigenvalue weighted by molar-refractivity contribution is 7.93. The van der Waals surface area contributed by atoms with Crippen LogP contribution in [0.5, 0.6) is 0 Å². The molecule has 1 aromatic carbocycles. The summed E-state index contributed by atoms with van der Waals surface area (Å²) >= 11 is 0.562. The number of hydrogen-bond donors (Lipinski definition) is 1. The van der Waals surface area contributed by atoms with Crippen molar-refractivity contribution in [3.05, 3.63) is 50.7 Å². The summed E-state index contributed by atoms with van der Waals surface area (Å²) in [6, 6.07) is 4.20. The smallest absolute Gasteiger partial charge is 0.258 e. The Bertz CT molecular complexity index is 798. The van der Waals surface area contributed by atoms with Gasteiger partial charge in [-0.2, -0.15) is 0 Å². The summed E-state index contributed by atoms with van der Waals surface area (Å²) in [6.45, 7) is 0. The molecule has 0 radical (unpaired) electrons. The van der Waals surface area contributed by atoms with Gasteiger partial charge in [0.05, 0.1) is 14.7 Å². The Labute approximate surface area is 121 Å². The van der Waals surface area contributed by atoms with Crippen molar-refractivity contribution in [3.63, 3.8) is 0 Å².